The van der Waals surface area contributed by atoms with Crippen molar-refractivity contribution in [1.82, 2.24) is 9.97 Å². The van der Waals surface area contributed by atoms with Crippen LogP contribution in [0.2, 0.25) is 0 Å². The first kappa shape index (κ1) is 23.9. The number of halogens is 3. The van der Waals surface area contributed by atoms with Gasteiger partial charge in [-0.1, -0.05) is 31.2 Å². The van der Waals surface area contributed by atoms with Crippen LogP contribution in [0.4, 0.5) is 13.2 Å². The molecule has 3 rings (SSSR count). The second kappa shape index (κ2) is 9.79. The normalized spacial score (nSPS) is 21.3. The number of unbranched alkanes of at least 4 members (excludes halogenated alkanes) is 1. The Labute approximate surface area is 186 Å². The van der Waals surface area contributed by atoms with Gasteiger partial charge in [0.2, 0.25) is 0 Å². The Morgan fingerprint density at radius 1 is 1.22 bits per heavy atom. The molecule has 0 spiro atoms. The van der Waals surface area contributed by atoms with E-state index in [1.807, 2.05) is 25.1 Å². The van der Waals surface area contributed by atoms with Crippen molar-refractivity contribution in [2.75, 3.05) is 0 Å². The quantitative estimate of drug-likeness (QED) is 0.448. The number of hydrogen-bond donors (Lipinski definition) is 1. The van der Waals surface area contributed by atoms with Crippen molar-refractivity contribution in [1.29, 1.82) is 0 Å². The van der Waals surface area contributed by atoms with Gasteiger partial charge in [0, 0.05) is 19.0 Å². The molecule has 0 bridgehead atoms. The number of ketones is 1. The predicted molar refractivity (Wildman–Crippen MR) is 117 cm³/mol. The summed E-state index contributed by atoms with van der Waals surface area (Å²) in [6.45, 7) is 3.69. The third-order valence-electron chi connectivity index (χ3n) is 5.97. The van der Waals surface area contributed by atoms with Gasteiger partial charge in [-0.25, -0.2) is 4.98 Å². The summed E-state index contributed by atoms with van der Waals surface area (Å²) in [4.78, 5) is 25.1. The highest BCUT2D eigenvalue weighted by Crippen LogP contribution is 2.43. The van der Waals surface area contributed by atoms with Crippen LogP contribution in [0, 0.1) is 5.92 Å². The molecule has 172 valence electrons. The topological polar surface area (TPSA) is 81.2 Å². The number of nitrogens with zero attached hydrogens (tertiary/aromatic N) is 3. The average molecular weight is 447 g/mol. The number of aryl methyl sites for hydroxylation is 2. The highest BCUT2D eigenvalue weighted by Gasteiger charge is 2.47. The van der Waals surface area contributed by atoms with Crippen molar-refractivity contribution >= 4 is 11.6 Å². The van der Waals surface area contributed by atoms with Crippen molar-refractivity contribution in [3.63, 3.8) is 0 Å². The maximum absolute atomic E-state index is 13.3. The number of rotatable bonds is 8. The lowest BCUT2D eigenvalue weighted by atomic mass is 9.78. The Morgan fingerprint density at radius 3 is 2.66 bits per heavy atom. The molecule has 8 heteroatoms. The minimum atomic E-state index is -4.30. The number of nitrogens with two attached hydrogens (primary N) is 1. The highest BCUT2D eigenvalue weighted by molar-refractivity contribution is 5.93. The van der Waals surface area contributed by atoms with Crippen LogP contribution in [0.25, 0.3) is 0 Å². The van der Waals surface area contributed by atoms with Crippen LogP contribution in [0.15, 0.2) is 41.7 Å². The monoisotopic (exact) mass is 446 g/mol. The van der Waals surface area contributed by atoms with Gasteiger partial charge in [-0.05, 0) is 50.2 Å². The molecule has 2 N–H and O–H groups in total. The maximum atomic E-state index is 13.3. The number of Topliss-reactive ketones (excluding diaryl/α,β-unsaturated/α-hetero) is 1. The number of hydrogen-bond acceptors (Lipinski definition) is 5. The molecule has 1 aromatic carbocycles. The standard InChI is InChI=1S/C24H29F3N4O/c1-3-19-14-30-20(15-29-19)21(32)10-5-4-7-16-8-6-9-17(11-16)23(2)13-18(24(25,26)27)12-22(28)31-23/h6,8-9,11,14-15,18H,3-5,7,10,12-13H2,1-2H3,(H2,28,31). The van der Waals surface area contributed by atoms with Gasteiger partial charge >= 0.3 is 6.18 Å². The lowest BCUT2D eigenvalue weighted by Crippen LogP contribution is -2.40. The van der Waals surface area contributed by atoms with Crippen molar-refractivity contribution < 1.29 is 18.0 Å². The summed E-state index contributed by atoms with van der Waals surface area (Å²) < 4.78 is 40.0. The van der Waals surface area contributed by atoms with E-state index in [0.717, 1.165) is 36.1 Å². The molecular weight excluding hydrogens is 417 g/mol. The summed E-state index contributed by atoms with van der Waals surface area (Å²) in [6.07, 6.45) is 1.83. The van der Waals surface area contributed by atoms with E-state index in [-0.39, 0.29) is 24.5 Å². The van der Waals surface area contributed by atoms with E-state index in [1.165, 1.54) is 6.20 Å². The largest absolute Gasteiger partial charge is 0.392 e. The van der Waals surface area contributed by atoms with Gasteiger partial charge in [0.15, 0.2) is 5.78 Å². The van der Waals surface area contributed by atoms with Crippen molar-refractivity contribution in [2.24, 2.45) is 16.6 Å². The fourth-order valence-corrected chi connectivity index (χ4v) is 4.11. The molecule has 2 heterocycles. The van der Waals surface area contributed by atoms with Crippen molar-refractivity contribution in [3.8, 4) is 0 Å². The average Bonchev–Trinajstić information content (AvgIpc) is 2.75. The van der Waals surface area contributed by atoms with Gasteiger partial charge in [-0.2, -0.15) is 13.2 Å². The number of aliphatic imine (C=N–C) groups is 1. The number of amidine groups is 1. The van der Waals surface area contributed by atoms with E-state index in [0.29, 0.717) is 18.5 Å². The molecule has 0 radical (unpaired) electrons. The second-order valence-electron chi connectivity index (χ2n) is 8.60. The van der Waals surface area contributed by atoms with E-state index in [4.69, 9.17) is 5.73 Å². The number of alkyl halides is 3. The van der Waals surface area contributed by atoms with Crippen LogP contribution < -0.4 is 5.73 Å². The van der Waals surface area contributed by atoms with Crippen LogP contribution in [0.5, 0.6) is 0 Å². The number of carbonyl (C=O) groups excluding carboxylic acids is 1. The second-order valence-corrected chi connectivity index (χ2v) is 8.60. The first-order chi connectivity index (χ1) is 15.1. The van der Waals surface area contributed by atoms with Gasteiger partial charge < -0.3 is 5.73 Å². The van der Waals surface area contributed by atoms with Crippen LogP contribution >= 0.6 is 0 Å². The summed E-state index contributed by atoms with van der Waals surface area (Å²) in [5.41, 5.74) is 7.73. The Morgan fingerprint density at radius 2 is 2.00 bits per heavy atom. The molecule has 0 amide bonds. The van der Waals surface area contributed by atoms with Gasteiger partial charge in [0.25, 0.3) is 0 Å². The first-order valence-electron chi connectivity index (χ1n) is 10.9. The molecule has 5 nitrogen and oxygen atoms in total. The van der Waals surface area contributed by atoms with E-state index in [2.05, 4.69) is 15.0 Å². The van der Waals surface area contributed by atoms with E-state index in [9.17, 15) is 18.0 Å². The molecule has 32 heavy (non-hydrogen) atoms. The number of benzene rings is 1. The minimum absolute atomic E-state index is 0.0355. The molecule has 2 aromatic rings. The van der Waals surface area contributed by atoms with Gasteiger partial charge in [0.05, 0.1) is 29.2 Å². The SMILES string of the molecule is CCc1cnc(C(=O)CCCCc2cccc(C3(C)CC(C(F)(F)F)CC(N)=N3)c2)cn1. The fourth-order valence-electron chi connectivity index (χ4n) is 4.11. The molecule has 2 atom stereocenters. The van der Waals surface area contributed by atoms with Crippen LogP contribution in [0.3, 0.4) is 0 Å². The van der Waals surface area contributed by atoms with Crippen LogP contribution in [-0.2, 0) is 18.4 Å². The molecule has 0 aliphatic carbocycles. The fraction of sp³-hybridized carbons (Fsp3) is 0.500. The molecule has 1 aliphatic heterocycles. The summed E-state index contributed by atoms with van der Waals surface area (Å²) in [7, 11) is 0. The lowest BCUT2D eigenvalue weighted by Gasteiger charge is -2.36. The molecule has 0 saturated heterocycles. The Hall–Kier alpha value is -2.77. The summed E-state index contributed by atoms with van der Waals surface area (Å²) in [6, 6.07) is 7.50. The zero-order chi connectivity index (χ0) is 23.4. The van der Waals surface area contributed by atoms with E-state index < -0.39 is 17.6 Å². The summed E-state index contributed by atoms with van der Waals surface area (Å²) in [5.74, 6) is -1.49. The van der Waals surface area contributed by atoms with Crippen molar-refractivity contribution in [2.45, 2.75) is 70.5 Å². The molecular formula is C24H29F3N4O. The minimum Gasteiger partial charge on any atom is -0.387 e. The Bertz CT molecular complexity index is 972. The number of carbonyl (C=O) groups is 1. The van der Waals surface area contributed by atoms with E-state index >= 15 is 0 Å². The predicted octanol–water partition coefficient (Wildman–Crippen LogP) is 5.18. The molecule has 2 unspecified atom stereocenters. The Balaban J connectivity index is 1.59. The molecule has 0 fully saturated rings. The molecule has 0 saturated carbocycles. The third kappa shape index (κ3) is 5.93. The zero-order valence-corrected chi connectivity index (χ0v) is 18.5. The summed E-state index contributed by atoms with van der Waals surface area (Å²) in [5, 5.41) is 0. The van der Waals surface area contributed by atoms with Crippen LogP contribution in [-0.4, -0.2) is 27.8 Å². The maximum Gasteiger partial charge on any atom is 0.392 e. The zero-order valence-electron chi connectivity index (χ0n) is 18.5. The molecule has 1 aromatic heterocycles. The number of aromatic nitrogens is 2. The lowest BCUT2D eigenvalue weighted by molar-refractivity contribution is -0.179. The van der Waals surface area contributed by atoms with Gasteiger partial charge in [-0.15, -0.1) is 0 Å². The summed E-state index contributed by atoms with van der Waals surface area (Å²) >= 11 is 0. The van der Waals surface area contributed by atoms with Crippen LogP contribution in [0.1, 0.15) is 73.3 Å². The first-order valence-corrected chi connectivity index (χ1v) is 10.9. The third-order valence-corrected chi connectivity index (χ3v) is 5.97. The smallest absolute Gasteiger partial charge is 0.387 e. The Kier molecular flexibility index (Phi) is 7.31. The van der Waals surface area contributed by atoms with Gasteiger partial charge in [0.1, 0.15) is 5.69 Å². The van der Waals surface area contributed by atoms with Crippen molar-refractivity contribution in [3.05, 3.63) is 59.2 Å². The van der Waals surface area contributed by atoms with E-state index in [1.54, 1.807) is 19.2 Å². The van der Waals surface area contributed by atoms with Gasteiger partial charge in [-0.3, -0.25) is 14.8 Å². The molecule has 1 aliphatic rings. The highest BCUT2D eigenvalue weighted by atomic mass is 19.4.